The van der Waals surface area contributed by atoms with Crippen molar-refractivity contribution in [1.29, 1.82) is 0 Å². The molecule has 2 aromatic rings. The van der Waals surface area contributed by atoms with Gasteiger partial charge in [0, 0.05) is 6.04 Å². The first kappa shape index (κ1) is 14.3. The molecule has 2 unspecified atom stereocenters. The second-order valence-corrected chi connectivity index (χ2v) is 5.95. The number of aliphatic hydroxyl groups excluding tert-OH is 1. The van der Waals surface area contributed by atoms with Gasteiger partial charge in [-0.2, -0.15) is 0 Å². The zero-order valence-corrected chi connectivity index (χ0v) is 12.7. The lowest BCUT2D eigenvalue weighted by Gasteiger charge is -2.27. The Labute approximate surface area is 126 Å². The summed E-state index contributed by atoms with van der Waals surface area (Å²) in [7, 11) is 0. The number of hydrogen-bond acceptors (Lipinski definition) is 2. The molecule has 2 atom stereocenters. The molecule has 1 aliphatic carbocycles. The molecule has 110 valence electrons. The van der Waals surface area contributed by atoms with Crippen molar-refractivity contribution in [2.45, 2.75) is 32.4 Å². The summed E-state index contributed by atoms with van der Waals surface area (Å²) in [5, 5.41) is 13.4. The van der Waals surface area contributed by atoms with Crippen molar-refractivity contribution in [3.05, 3.63) is 59.7 Å². The summed E-state index contributed by atoms with van der Waals surface area (Å²) in [6.07, 6.45) is 1.06. The molecule has 0 heterocycles. The highest BCUT2D eigenvalue weighted by Crippen LogP contribution is 2.43. The first-order valence-corrected chi connectivity index (χ1v) is 7.81. The molecule has 0 spiro atoms. The van der Waals surface area contributed by atoms with Crippen molar-refractivity contribution in [2.24, 2.45) is 5.92 Å². The molecular formula is C19H23NO. The molecule has 0 saturated heterocycles. The topological polar surface area (TPSA) is 32.3 Å². The van der Waals surface area contributed by atoms with Gasteiger partial charge in [-0.05, 0) is 28.2 Å². The Bertz CT molecular complexity index is 577. The van der Waals surface area contributed by atoms with Gasteiger partial charge in [0.25, 0.3) is 0 Å². The Morgan fingerprint density at radius 2 is 1.52 bits per heavy atom. The van der Waals surface area contributed by atoms with E-state index in [2.05, 4.69) is 67.7 Å². The maximum absolute atomic E-state index is 9.72. The maximum atomic E-state index is 9.72. The third kappa shape index (κ3) is 2.50. The summed E-state index contributed by atoms with van der Waals surface area (Å²) < 4.78 is 0. The lowest BCUT2D eigenvalue weighted by Crippen LogP contribution is -2.40. The van der Waals surface area contributed by atoms with Crippen LogP contribution in [-0.2, 0) is 0 Å². The number of fused-ring (bicyclic) bond motifs is 3. The van der Waals surface area contributed by atoms with Crippen LogP contribution in [-0.4, -0.2) is 17.8 Å². The highest BCUT2D eigenvalue weighted by Gasteiger charge is 2.30. The molecule has 0 fully saturated rings. The van der Waals surface area contributed by atoms with Crippen molar-refractivity contribution < 1.29 is 5.11 Å². The van der Waals surface area contributed by atoms with Crippen LogP contribution < -0.4 is 5.32 Å². The SMILES string of the molecule is CCC(C)C(CO)NC1c2ccccc2-c2ccccc21. The Morgan fingerprint density at radius 3 is 2.00 bits per heavy atom. The third-order valence-corrected chi connectivity index (χ3v) is 4.74. The van der Waals surface area contributed by atoms with Gasteiger partial charge >= 0.3 is 0 Å². The maximum Gasteiger partial charge on any atom is 0.0591 e. The van der Waals surface area contributed by atoms with Gasteiger partial charge < -0.3 is 10.4 Å². The highest BCUT2D eigenvalue weighted by molar-refractivity contribution is 5.78. The van der Waals surface area contributed by atoms with Gasteiger partial charge in [0.05, 0.1) is 12.6 Å². The Hall–Kier alpha value is -1.64. The number of hydrogen-bond donors (Lipinski definition) is 2. The Morgan fingerprint density at radius 1 is 1.00 bits per heavy atom. The van der Waals surface area contributed by atoms with E-state index in [4.69, 9.17) is 0 Å². The van der Waals surface area contributed by atoms with E-state index in [0.29, 0.717) is 5.92 Å². The minimum atomic E-state index is 0.124. The van der Waals surface area contributed by atoms with Gasteiger partial charge in [0.1, 0.15) is 0 Å². The number of nitrogens with one attached hydrogen (secondary N) is 1. The molecule has 21 heavy (non-hydrogen) atoms. The van der Waals surface area contributed by atoms with Gasteiger partial charge in [0.15, 0.2) is 0 Å². The summed E-state index contributed by atoms with van der Waals surface area (Å²) in [4.78, 5) is 0. The van der Waals surface area contributed by atoms with Gasteiger partial charge in [-0.1, -0.05) is 68.8 Å². The second kappa shape index (κ2) is 6.00. The molecule has 0 radical (unpaired) electrons. The Balaban J connectivity index is 1.99. The second-order valence-electron chi connectivity index (χ2n) is 5.95. The normalized spacial score (nSPS) is 16.3. The van der Waals surface area contributed by atoms with Gasteiger partial charge in [0.2, 0.25) is 0 Å². The summed E-state index contributed by atoms with van der Waals surface area (Å²) >= 11 is 0. The summed E-state index contributed by atoms with van der Waals surface area (Å²) in [6, 6.07) is 17.4. The van der Waals surface area contributed by atoms with Crippen LogP contribution >= 0.6 is 0 Å². The number of aliphatic hydroxyl groups is 1. The van der Waals surface area contributed by atoms with Gasteiger partial charge in [-0.3, -0.25) is 0 Å². The lowest BCUT2D eigenvalue weighted by atomic mass is 9.96. The molecule has 0 bridgehead atoms. The zero-order valence-electron chi connectivity index (χ0n) is 12.7. The lowest BCUT2D eigenvalue weighted by molar-refractivity contribution is 0.195. The first-order valence-electron chi connectivity index (χ1n) is 7.81. The molecule has 2 nitrogen and oxygen atoms in total. The van der Waals surface area contributed by atoms with Crippen LogP contribution in [0.5, 0.6) is 0 Å². The molecule has 0 aliphatic heterocycles. The average Bonchev–Trinajstić information content (AvgIpc) is 2.86. The molecule has 2 heteroatoms. The predicted molar refractivity (Wildman–Crippen MR) is 87.2 cm³/mol. The van der Waals surface area contributed by atoms with Crippen molar-refractivity contribution in [3.8, 4) is 11.1 Å². The molecule has 2 aromatic carbocycles. The van der Waals surface area contributed by atoms with Crippen molar-refractivity contribution >= 4 is 0 Å². The van der Waals surface area contributed by atoms with Crippen LogP contribution in [0.1, 0.15) is 37.4 Å². The minimum Gasteiger partial charge on any atom is -0.395 e. The standard InChI is InChI=1S/C19H23NO/c1-3-13(2)18(12-21)20-19-16-10-6-4-8-14(16)15-9-5-7-11-17(15)19/h4-11,13,18-21H,3,12H2,1-2H3. The van der Waals surface area contributed by atoms with Crippen molar-refractivity contribution in [2.75, 3.05) is 6.61 Å². The fourth-order valence-corrected chi connectivity index (χ4v) is 3.23. The largest absolute Gasteiger partial charge is 0.395 e. The summed E-state index contributed by atoms with van der Waals surface area (Å²) in [5.41, 5.74) is 5.26. The van der Waals surface area contributed by atoms with E-state index in [9.17, 15) is 5.11 Å². The molecule has 1 aliphatic rings. The van der Waals surface area contributed by atoms with Crippen LogP contribution in [0.4, 0.5) is 0 Å². The molecule has 3 rings (SSSR count). The van der Waals surface area contributed by atoms with Crippen molar-refractivity contribution in [1.82, 2.24) is 5.32 Å². The third-order valence-electron chi connectivity index (χ3n) is 4.74. The average molecular weight is 281 g/mol. The fraction of sp³-hybridized carbons (Fsp3) is 0.368. The molecular weight excluding hydrogens is 258 g/mol. The number of rotatable bonds is 5. The predicted octanol–water partition coefficient (Wildman–Crippen LogP) is 3.75. The van der Waals surface area contributed by atoms with E-state index >= 15 is 0 Å². The fourth-order valence-electron chi connectivity index (χ4n) is 3.23. The van der Waals surface area contributed by atoms with Crippen molar-refractivity contribution in [3.63, 3.8) is 0 Å². The van der Waals surface area contributed by atoms with Crippen LogP contribution in [0, 0.1) is 5.92 Å². The van der Waals surface area contributed by atoms with E-state index < -0.39 is 0 Å². The van der Waals surface area contributed by atoms with E-state index in [1.807, 2.05) is 0 Å². The van der Waals surface area contributed by atoms with E-state index in [1.165, 1.54) is 22.3 Å². The summed E-state index contributed by atoms with van der Waals surface area (Å²) in [6.45, 7) is 4.54. The molecule has 0 saturated carbocycles. The quantitative estimate of drug-likeness (QED) is 0.874. The van der Waals surface area contributed by atoms with E-state index in [0.717, 1.165) is 6.42 Å². The summed E-state index contributed by atoms with van der Waals surface area (Å²) in [5.74, 6) is 0.454. The zero-order chi connectivity index (χ0) is 14.8. The smallest absolute Gasteiger partial charge is 0.0591 e. The van der Waals surface area contributed by atoms with E-state index in [1.54, 1.807) is 0 Å². The van der Waals surface area contributed by atoms with Crippen LogP contribution in [0.3, 0.4) is 0 Å². The van der Waals surface area contributed by atoms with Crippen LogP contribution in [0.25, 0.3) is 11.1 Å². The monoisotopic (exact) mass is 281 g/mol. The molecule has 0 aromatic heterocycles. The molecule has 0 amide bonds. The van der Waals surface area contributed by atoms with Crippen LogP contribution in [0.15, 0.2) is 48.5 Å². The van der Waals surface area contributed by atoms with E-state index in [-0.39, 0.29) is 18.7 Å². The van der Waals surface area contributed by atoms with Crippen LogP contribution in [0.2, 0.25) is 0 Å². The Kier molecular flexibility index (Phi) is 4.09. The van der Waals surface area contributed by atoms with Gasteiger partial charge in [-0.15, -0.1) is 0 Å². The molecule has 2 N–H and O–H groups in total. The minimum absolute atomic E-state index is 0.124. The number of benzene rings is 2. The highest BCUT2D eigenvalue weighted by atomic mass is 16.3. The van der Waals surface area contributed by atoms with Gasteiger partial charge in [-0.25, -0.2) is 0 Å². The first-order chi connectivity index (χ1) is 10.3.